The van der Waals surface area contributed by atoms with Crippen molar-refractivity contribution in [1.29, 1.82) is 0 Å². The number of hydrogen-bond donors (Lipinski definition) is 1. The molecule has 1 aliphatic rings. The molecule has 4 rings (SSSR count). The topological polar surface area (TPSA) is 41.1 Å². The molecule has 1 aromatic heterocycles. The maximum Gasteiger partial charge on any atom is 0.137 e. The number of imidazole rings is 1. The number of H-pyrrole nitrogens is 1. The zero-order valence-electron chi connectivity index (χ0n) is 12.9. The van der Waals surface area contributed by atoms with Crippen LogP contribution in [0.4, 0.5) is 5.69 Å². The van der Waals surface area contributed by atoms with E-state index in [1.165, 1.54) is 16.8 Å². The Kier molecular flexibility index (Phi) is 3.82. The first kappa shape index (κ1) is 14.0. The Labute approximate surface area is 135 Å². The van der Waals surface area contributed by atoms with Crippen LogP contribution < -0.4 is 4.90 Å². The summed E-state index contributed by atoms with van der Waals surface area (Å²) in [5, 5.41) is 0. The molecule has 0 unspecified atom stereocenters. The van der Waals surface area contributed by atoms with Crippen molar-refractivity contribution in [1.82, 2.24) is 9.97 Å². The molecular weight excluding hydrogens is 286 g/mol. The van der Waals surface area contributed by atoms with Gasteiger partial charge in [0.25, 0.3) is 0 Å². The molecule has 0 atom stereocenters. The van der Waals surface area contributed by atoms with Crippen LogP contribution in [-0.2, 0) is 4.74 Å². The second-order valence-electron chi connectivity index (χ2n) is 5.63. The SMILES string of the molecule is c1ccc(-c2ccc(N3CCOCC3)cc2-c2ncc[nH]2)cc1. The molecule has 1 aliphatic heterocycles. The maximum absolute atomic E-state index is 5.46. The lowest BCUT2D eigenvalue weighted by Crippen LogP contribution is -2.36. The predicted octanol–water partition coefficient (Wildman–Crippen LogP) is 3.58. The molecular formula is C19H19N3O. The predicted molar refractivity (Wildman–Crippen MR) is 92.5 cm³/mol. The van der Waals surface area contributed by atoms with E-state index in [2.05, 4.69) is 57.3 Å². The third-order valence-electron chi connectivity index (χ3n) is 4.22. The first-order valence-electron chi connectivity index (χ1n) is 7.94. The van der Waals surface area contributed by atoms with Crippen molar-refractivity contribution in [2.45, 2.75) is 0 Å². The highest BCUT2D eigenvalue weighted by atomic mass is 16.5. The lowest BCUT2D eigenvalue weighted by atomic mass is 9.98. The van der Waals surface area contributed by atoms with E-state index in [9.17, 15) is 0 Å². The van der Waals surface area contributed by atoms with Crippen LogP contribution in [0.25, 0.3) is 22.5 Å². The molecule has 2 heterocycles. The van der Waals surface area contributed by atoms with Gasteiger partial charge in [-0.3, -0.25) is 0 Å². The first-order valence-corrected chi connectivity index (χ1v) is 7.94. The second kappa shape index (κ2) is 6.26. The molecule has 1 saturated heterocycles. The summed E-state index contributed by atoms with van der Waals surface area (Å²) in [5.41, 5.74) is 4.74. The van der Waals surface area contributed by atoms with Gasteiger partial charge in [0.05, 0.1) is 13.2 Å². The van der Waals surface area contributed by atoms with Crippen LogP contribution in [0.5, 0.6) is 0 Å². The number of nitrogens with zero attached hydrogens (tertiary/aromatic N) is 2. The fourth-order valence-corrected chi connectivity index (χ4v) is 3.03. The van der Waals surface area contributed by atoms with Crippen molar-refractivity contribution in [3.8, 4) is 22.5 Å². The van der Waals surface area contributed by atoms with Gasteiger partial charge in [-0.25, -0.2) is 4.98 Å². The number of aromatic nitrogens is 2. The molecule has 4 nitrogen and oxygen atoms in total. The summed E-state index contributed by atoms with van der Waals surface area (Å²) in [4.78, 5) is 10.1. The summed E-state index contributed by atoms with van der Waals surface area (Å²) in [6.07, 6.45) is 3.66. The normalized spacial score (nSPS) is 14.9. The van der Waals surface area contributed by atoms with Gasteiger partial charge in [0.2, 0.25) is 0 Å². The Morgan fingerprint density at radius 1 is 0.957 bits per heavy atom. The summed E-state index contributed by atoms with van der Waals surface area (Å²) in [7, 11) is 0. The molecule has 0 radical (unpaired) electrons. The molecule has 116 valence electrons. The standard InChI is InChI=1S/C19H19N3O/c1-2-4-15(5-3-1)17-7-6-16(22-10-12-23-13-11-22)14-18(17)19-20-8-9-21-19/h1-9,14H,10-13H2,(H,20,21). The van der Waals surface area contributed by atoms with E-state index in [0.717, 1.165) is 37.7 Å². The van der Waals surface area contributed by atoms with Crippen LogP contribution in [0.15, 0.2) is 60.9 Å². The Bertz CT molecular complexity index is 763. The highest BCUT2D eigenvalue weighted by Gasteiger charge is 2.15. The van der Waals surface area contributed by atoms with Gasteiger partial charge in [0.1, 0.15) is 5.82 Å². The fourth-order valence-electron chi connectivity index (χ4n) is 3.03. The third-order valence-corrected chi connectivity index (χ3v) is 4.22. The Morgan fingerprint density at radius 3 is 2.52 bits per heavy atom. The van der Waals surface area contributed by atoms with Crippen LogP contribution >= 0.6 is 0 Å². The van der Waals surface area contributed by atoms with Gasteiger partial charge < -0.3 is 14.6 Å². The van der Waals surface area contributed by atoms with Gasteiger partial charge in [0, 0.05) is 36.7 Å². The molecule has 0 aliphatic carbocycles. The van der Waals surface area contributed by atoms with Crippen LogP contribution in [0.3, 0.4) is 0 Å². The van der Waals surface area contributed by atoms with E-state index < -0.39 is 0 Å². The van der Waals surface area contributed by atoms with Gasteiger partial charge in [0.15, 0.2) is 0 Å². The van der Waals surface area contributed by atoms with Crippen LogP contribution in [0, 0.1) is 0 Å². The number of morpholine rings is 1. The van der Waals surface area contributed by atoms with E-state index in [1.807, 2.05) is 12.3 Å². The second-order valence-corrected chi connectivity index (χ2v) is 5.63. The van der Waals surface area contributed by atoms with Gasteiger partial charge in [-0.05, 0) is 23.3 Å². The number of rotatable bonds is 3. The van der Waals surface area contributed by atoms with E-state index >= 15 is 0 Å². The van der Waals surface area contributed by atoms with E-state index in [1.54, 1.807) is 6.20 Å². The number of hydrogen-bond acceptors (Lipinski definition) is 3. The monoisotopic (exact) mass is 305 g/mol. The summed E-state index contributed by atoms with van der Waals surface area (Å²) >= 11 is 0. The van der Waals surface area contributed by atoms with Crippen molar-refractivity contribution in [3.05, 3.63) is 60.9 Å². The molecule has 0 amide bonds. The minimum atomic E-state index is 0.788. The van der Waals surface area contributed by atoms with Crippen LogP contribution in [0.1, 0.15) is 0 Å². The molecule has 1 N–H and O–H groups in total. The minimum Gasteiger partial charge on any atom is -0.378 e. The zero-order valence-corrected chi connectivity index (χ0v) is 12.9. The number of anilines is 1. The van der Waals surface area contributed by atoms with Crippen molar-refractivity contribution in [2.24, 2.45) is 0 Å². The molecule has 0 spiro atoms. The number of ether oxygens (including phenoxy) is 1. The average molecular weight is 305 g/mol. The average Bonchev–Trinajstić information content (AvgIpc) is 3.17. The number of aromatic amines is 1. The maximum atomic E-state index is 5.46. The molecule has 1 fully saturated rings. The lowest BCUT2D eigenvalue weighted by molar-refractivity contribution is 0.122. The highest BCUT2D eigenvalue weighted by molar-refractivity contribution is 5.83. The molecule has 3 aromatic rings. The molecule has 2 aromatic carbocycles. The van der Waals surface area contributed by atoms with Crippen molar-refractivity contribution in [3.63, 3.8) is 0 Å². The quantitative estimate of drug-likeness (QED) is 0.804. The molecule has 0 bridgehead atoms. The zero-order chi connectivity index (χ0) is 15.5. The van der Waals surface area contributed by atoms with Crippen LogP contribution in [0.2, 0.25) is 0 Å². The third kappa shape index (κ3) is 2.85. The minimum absolute atomic E-state index is 0.788. The number of benzene rings is 2. The lowest BCUT2D eigenvalue weighted by Gasteiger charge is -2.29. The van der Waals surface area contributed by atoms with Crippen molar-refractivity contribution >= 4 is 5.69 Å². The van der Waals surface area contributed by atoms with Crippen molar-refractivity contribution in [2.75, 3.05) is 31.2 Å². The van der Waals surface area contributed by atoms with Crippen molar-refractivity contribution < 1.29 is 4.74 Å². The summed E-state index contributed by atoms with van der Waals surface area (Å²) in [5.74, 6) is 0.902. The largest absolute Gasteiger partial charge is 0.378 e. The molecule has 4 heteroatoms. The Morgan fingerprint density at radius 2 is 1.78 bits per heavy atom. The molecule has 23 heavy (non-hydrogen) atoms. The smallest absolute Gasteiger partial charge is 0.137 e. The van der Waals surface area contributed by atoms with Gasteiger partial charge in [-0.1, -0.05) is 36.4 Å². The highest BCUT2D eigenvalue weighted by Crippen LogP contribution is 2.33. The van der Waals surface area contributed by atoms with Gasteiger partial charge in [-0.15, -0.1) is 0 Å². The molecule has 0 saturated carbocycles. The van der Waals surface area contributed by atoms with Crippen LogP contribution in [-0.4, -0.2) is 36.3 Å². The summed E-state index contributed by atoms with van der Waals surface area (Å²) in [6.45, 7) is 3.44. The van der Waals surface area contributed by atoms with Gasteiger partial charge >= 0.3 is 0 Å². The van der Waals surface area contributed by atoms with Gasteiger partial charge in [-0.2, -0.15) is 0 Å². The summed E-state index contributed by atoms with van der Waals surface area (Å²) < 4.78 is 5.46. The van der Waals surface area contributed by atoms with E-state index in [4.69, 9.17) is 4.74 Å². The van der Waals surface area contributed by atoms with E-state index in [0.29, 0.717) is 0 Å². The number of nitrogens with one attached hydrogen (secondary N) is 1. The van der Waals surface area contributed by atoms with E-state index in [-0.39, 0.29) is 0 Å². The Hall–Kier alpha value is -2.59. The Balaban J connectivity index is 1.80. The summed E-state index contributed by atoms with van der Waals surface area (Å²) in [6, 6.07) is 17.1. The fraction of sp³-hybridized carbons (Fsp3) is 0.211. The first-order chi connectivity index (χ1) is 11.4.